The summed E-state index contributed by atoms with van der Waals surface area (Å²) in [5.41, 5.74) is 1.98. The molecule has 0 saturated carbocycles. The highest BCUT2D eigenvalue weighted by atomic mass is 32.2. The average molecular weight is 317 g/mol. The minimum Gasteiger partial charge on any atom is -0.588 e. The fourth-order valence-electron chi connectivity index (χ4n) is 2.52. The number of nitrogens with zero attached hydrogens (tertiary/aromatic N) is 1. The number of hydrogen-bond donors (Lipinski definition) is 0. The number of ether oxygens (including phenoxy) is 2. The summed E-state index contributed by atoms with van der Waals surface area (Å²) in [6.45, 7) is 5.66. The molecule has 0 aromatic heterocycles. The summed E-state index contributed by atoms with van der Waals surface area (Å²) in [5, 5.41) is 0. The third-order valence-corrected chi connectivity index (χ3v) is 5.00. The number of rotatable bonds is 5. The summed E-state index contributed by atoms with van der Waals surface area (Å²) in [6, 6.07) is 13.5. The lowest BCUT2D eigenvalue weighted by Crippen LogP contribution is -2.23. The van der Waals surface area contributed by atoms with E-state index in [1.54, 1.807) is 0 Å². The highest BCUT2D eigenvalue weighted by molar-refractivity contribution is 7.93. The molecule has 0 radical (unpaired) electrons. The zero-order chi connectivity index (χ0) is 15.5. The summed E-state index contributed by atoms with van der Waals surface area (Å²) in [7, 11) is 0. The monoisotopic (exact) mass is 317 g/mol. The van der Waals surface area contributed by atoms with Crippen molar-refractivity contribution in [2.75, 3.05) is 17.5 Å². The van der Waals surface area contributed by atoms with Crippen molar-refractivity contribution in [1.29, 1.82) is 0 Å². The molecule has 116 valence electrons. The van der Waals surface area contributed by atoms with E-state index in [-0.39, 0.29) is 0 Å². The van der Waals surface area contributed by atoms with Crippen LogP contribution in [-0.4, -0.2) is 17.8 Å². The molecule has 2 aromatic rings. The molecule has 1 aliphatic rings. The molecular formula is C17H19NO3S. The van der Waals surface area contributed by atoms with Crippen LogP contribution in [-0.2, 0) is 17.9 Å². The van der Waals surface area contributed by atoms with E-state index in [4.69, 9.17) is 9.47 Å². The van der Waals surface area contributed by atoms with Crippen LogP contribution in [0.1, 0.15) is 19.4 Å². The highest BCUT2D eigenvalue weighted by Crippen LogP contribution is 2.38. The molecule has 0 bridgehead atoms. The molecule has 0 spiro atoms. The van der Waals surface area contributed by atoms with Crippen molar-refractivity contribution < 1.29 is 14.0 Å². The van der Waals surface area contributed by atoms with Crippen LogP contribution in [0.15, 0.2) is 47.4 Å². The first-order chi connectivity index (χ1) is 10.7. The van der Waals surface area contributed by atoms with E-state index in [0.717, 1.165) is 21.9 Å². The zero-order valence-corrected chi connectivity index (χ0v) is 13.6. The maximum Gasteiger partial charge on any atom is 0.185 e. The second-order valence-electron chi connectivity index (χ2n) is 4.89. The molecular weight excluding hydrogens is 298 g/mol. The molecule has 0 fully saturated rings. The minimum absolute atomic E-state index is 0.562. The van der Waals surface area contributed by atoms with Gasteiger partial charge in [0.1, 0.15) is 11.4 Å². The van der Waals surface area contributed by atoms with Crippen molar-refractivity contribution in [2.45, 2.75) is 25.3 Å². The molecule has 5 heteroatoms. The Hall–Kier alpha value is -1.85. The van der Waals surface area contributed by atoms with Crippen LogP contribution in [0.4, 0.5) is 5.69 Å². The Balaban J connectivity index is 1.91. The van der Waals surface area contributed by atoms with Gasteiger partial charge in [-0.25, -0.2) is 0 Å². The molecule has 0 aliphatic carbocycles. The smallest absolute Gasteiger partial charge is 0.185 e. The van der Waals surface area contributed by atoms with E-state index in [0.29, 0.717) is 25.5 Å². The lowest BCUT2D eigenvalue weighted by molar-refractivity contribution is 0.288. The average Bonchev–Trinajstić information content (AvgIpc) is 2.87. The maximum atomic E-state index is 12.6. The molecule has 1 unspecified atom stereocenters. The third kappa shape index (κ3) is 2.74. The Kier molecular flexibility index (Phi) is 4.45. The Morgan fingerprint density at radius 1 is 1.05 bits per heavy atom. The van der Waals surface area contributed by atoms with Gasteiger partial charge < -0.3 is 14.0 Å². The lowest BCUT2D eigenvalue weighted by Gasteiger charge is -2.20. The van der Waals surface area contributed by atoms with E-state index < -0.39 is 11.4 Å². The van der Waals surface area contributed by atoms with Crippen molar-refractivity contribution >= 4 is 17.0 Å². The standard InChI is InChI=1S/C17H19NO3S/c1-3-20-15-10-9-14(11-16(15)21-4-2)18-12-13-7-5-6-8-17(13)22(18)19/h5-11H,3-4,12H2,1-2H3. The molecule has 3 rings (SSSR count). The molecule has 0 N–H and O–H groups in total. The Labute approximate surface area is 134 Å². The van der Waals surface area contributed by atoms with E-state index in [2.05, 4.69) is 0 Å². The molecule has 1 aliphatic heterocycles. The van der Waals surface area contributed by atoms with Crippen LogP contribution in [0.25, 0.3) is 0 Å². The van der Waals surface area contributed by atoms with Crippen LogP contribution in [0.3, 0.4) is 0 Å². The molecule has 1 heterocycles. The van der Waals surface area contributed by atoms with Gasteiger partial charge in [0, 0.05) is 11.6 Å². The first-order valence-electron chi connectivity index (χ1n) is 7.41. The van der Waals surface area contributed by atoms with Crippen molar-refractivity contribution in [3.8, 4) is 11.5 Å². The van der Waals surface area contributed by atoms with Gasteiger partial charge in [0.05, 0.1) is 25.4 Å². The van der Waals surface area contributed by atoms with Gasteiger partial charge in [-0.05, 0) is 32.0 Å². The van der Waals surface area contributed by atoms with E-state index in [9.17, 15) is 4.55 Å². The molecule has 1 atom stereocenters. The van der Waals surface area contributed by atoms with E-state index in [1.165, 1.54) is 0 Å². The van der Waals surface area contributed by atoms with E-state index >= 15 is 0 Å². The summed E-state index contributed by atoms with van der Waals surface area (Å²) < 4.78 is 25.7. The first-order valence-corrected chi connectivity index (χ1v) is 8.52. The summed E-state index contributed by atoms with van der Waals surface area (Å²) >= 11 is -1.17. The van der Waals surface area contributed by atoms with Crippen LogP contribution in [0.2, 0.25) is 0 Å². The van der Waals surface area contributed by atoms with Crippen molar-refractivity contribution in [3.63, 3.8) is 0 Å². The minimum atomic E-state index is -1.17. The maximum absolute atomic E-state index is 12.6. The lowest BCUT2D eigenvalue weighted by atomic mass is 10.2. The fraction of sp³-hybridized carbons (Fsp3) is 0.294. The molecule has 0 saturated heterocycles. The van der Waals surface area contributed by atoms with Crippen molar-refractivity contribution in [1.82, 2.24) is 0 Å². The highest BCUT2D eigenvalue weighted by Gasteiger charge is 2.34. The topological polar surface area (TPSA) is 44.8 Å². The van der Waals surface area contributed by atoms with Crippen molar-refractivity contribution in [3.05, 3.63) is 48.0 Å². The van der Waals surface area contributed by atoms with E-state index in [1.807, 2.05) is 60.6 Å². The second kappa shape index (κ2) is 6.50. The third-order valence-electron chi connectivity index (χ3n) is 3.49. The van der Waals surface area contributed by atoms with Gasteiger partial charge in [0.15, 0.2) is 16.4 Å². The van der Waals surface area contributed by atoms with Gasteiger partial charge in [-0.1, -0.05) is 18.2 Å². The summed E-state index contributed by atoms with van der Waals surface area (Å²) in [6.07, 6.45) is 0. The van der Waals surface area contributed by atoms with Crippen LogP contribution in [0.5, 0.6) is 11.5 Å². The van der Waals surface area contributed by atoms with Crippen LogP contribution in [0, 0.1) is 0 Å². The Morgan fingerprint density at radius 2 is 1.77 bits per heavy atom. The van der Waals surface area contributed by atoms with Crippen LogP contribution >= 0.6 is 0 Å². The van der Waals surface area contributed by atoms with Crippen LogP contribution < -0.4 is 13.8 Å². The quantitative estimate of drug-likeness (QED) is 0.791. The molecule has 0 amide bonds. The Bertz CT molecular complexity index is 662. The number of benzene rings is 2. The largest absolute Gasteiger partial charge is 0.588 e. The number of fused-ring (bicyclic) bond motifs is 1. The van der Waals surface area contributed by atoms with Crippen molar-refractivity contribution in [2.24, 2.45) is 0 Å². The second-order valence-corrected chi connectivity index (χ2v) is 6.27. The first kappa shape index (κ1) is 15.1. The summed E-state index contributed by atoms with van der Waals surface area (Å²) in [5.74, 6) is 1.41. The number of hydrogen-bond acceptors (Lipinski definition) is 4. The molecule has 22 heavy (non-hydrogen) atoms. The SMILES string of the molecule is CCOc1ccc(N2Cc3ccccc3[S+]2[O-])cc1OCC. The van der Waals surface area contributed by atoms with Gasteiger partial charge in [-0.3, -0.25) is 0 Å². The van der Waals surface area contributed by atoms with Gasteiger partial charge in [0.25, 0.3) is 0 Å². The Morgan fingerprint density at radius 3 is 2.50 bits per heavy atom. The fourth-order valence-corrected chi connectivity index (χ4v) is 3.87. The molecule has 2 aromatic carbocycles. The molecule has 4 nitrogen and oxygen atoms in total. The zero-order valence-electron chi connectivity index (χ0n) is 12.7. The van der Waals surface area contributed by atoms with Gasteiger partial charge >= 0.3 is 0 Å². The predicted octanol–water partition coefficient (Wildman–Crippen LogP) is 3.53. The van der Waals surface area contributed by atoms with Gasteiger partial charge in [0.2, 0.25) is 0 Å². The summed E-state index contributed by atoms with van der Waals surface area (Å²) in [4.78, 5) is 0.884. The van der Waals surface area contributed by atoms with Gasteiger partial charge in [-0.15, -0.1) is 0 Å². The normalized spacial score (nSPS) is 16.5. The van der Waals surface area contributed by atoms with Gasteiger partial charge in [-0.2, -0.15) is 4.31 Å². The number of anilines is 1. The predicted molar refractivity (Wildman–Crippen MR) is 87.8 cm³/mol.